The van der Waals surface area contributed by atoms with Crippen LogP contribution in [0.1, 0.15) is 51.7 Å². The molecule has 0 bridgehead atoms. The molecule has 3 atom stereocenters. The van der Waals surface area contributed by atoms with Gasteiger partial charge in [0, 0.05) is 7.05 Å². The molecule has 1 rings (SSSR count). The number of benzene rings is 1. The lowest BCUT2D eigenvalue weighted by Crippen LogP contribution is -2.56. The summed E-state index contributed by atoms with van der Waals surface area (Å²) in [6.07, 6.45) is 2.25. The first-order valence-electron chi connectivity index (χ1n) is 10.0. The molecule has 0 aliphatic heterocycles. The van der Waals surface area contributed by atoms with Crippen molar-refractivity contribution < 1.29 is 19.6 Å². The Morgan fingerprint density at radius 3 is 2.24 bits per heavy atom. The van der Waals surface area contributed by atoms with Gasteiger partial charge >= 0.3 is 0 Å². The molecule has 3 N–H and O–H groups in total. The van der Waals surface area contributed by atoms with Gasteiger partial charge in [-0.2, -0.15) is 0 Å². The Labute approximate surface area is 173 Å². The number of rotatable bonds is 10. The monoisotopic (exact) mass is 405 g/mol. The first-order chi connectivity index (χ1) is 13.5. The fraction of sp³-hybridized carbons (Fsp3) is 0.591. The van der Waals surface area contributed by atoms with Gasteiger partial charge in [-0.3, -0.25) is 19.6 Å². The molecule has 29 heavy (non-hydrogen) atoms. The maximum Gasteiger partial charge on any atom is 0.242 e. The summed E-state index contributed by atoms with van der Waals surface area (Å²) >= 11 is 0. The molecule has 0 saturated heterocycles. The molecule has 1 aromatic carbocycles. The Balaban J connectivity index is 2.92. The summed E-state index contributed by atoms with van der Waals surface area (Å²) in [6.45, 7) is 9.25. The third-order valence-electron chi connectivity index (χ3n) is 5.21. The van der Waals surface area contributed by atoms with E-state index < -0.39 is 23.4 Å². The average Bonchev–Trinajstić information content (AvgIpc) is 2.68. The molecule has 7 heteroatoms. The quantitative estimate of drug-likeness (QED) is 0.316. The number of hydrogen-bond acceptors (Lipinski definition) is 4. The van der Waals surface area contributed by atoms with E-state index >= 15 is 0 Å². The van der Waals surface area contributed by atoms with Crippen LogP contribution in [0.25, 0.3) is 0 Å². The van der Waals surface area contributed by atoms with Gasteiger partial charge in [-0.25, -0.2) is 5.06 Å². The van der Waals surface area contributed by atoms with E-state index in [0.29, 0.717) is 24.3 Å². The maximum atomic E-state index is 13.0. The molecule has 0 unspecified atom stereocenters. The number of nitrogens with one attached hydrogen (secondary N) is 2. The number of likely N-dealkylation sites (N-methyl/N-ethyl adjacent to an activating group) is 1. The van der Waals surface area contributed by atoms with Crippen molar-refractivity contribution in [1.82, 2.24) is 15.7 Å². The molecule has 0 saturated carbocycles. The highest BCUT2D eigenvalue weighted by atomic mass is 16.5. The Morgan fingerprint density at radius 1 is 1.17 bits per heavy atom. The highest BCUT2D eigenvalue weighted by Crippen LogP contribution is 2.23. The van der Waals surface area contributed by atoms with Gasteiger partial charge in [0.05, 0.1) is 12.0 Å². The van der Waals surface area contributed by atoms with Gasteiger partial charge in [-0.1, -0.05) is 50.6 Å². The largest absolute Gasteiger partial charge is 0.357 e. The molecule has 0 radical (unpaired) electrons. The Morgan fingerprint density at radius 2 is 1.76 bits per heavy atom. The van der Waals surface area contributed by atoms with Gasteiger partial charge in [0.2, 0.25) is 18.2 Å². The predicted molar refractivity (Wildman–Crippen MR) is 112 cm³/mol. The highest BCUT2D eigenvalue weighted by molar-refractivity contribution is 5.89. The third-order valence-corrected chi connectivity index (χ3v) is 5.21. The molecule has 0 fully saturated rings. The van der Waals surface area contributed by atoms with Gasteiger partial charge in [0.15, 0.2) is 0 Å². The smallest absolute Gasteiger partial charge is 0.242 e. The first kappa shape index (κ1) is 24.6. The number of aryl methyl sites for hydroxylation is 2. The van der Waals surface area contributed by atoms with E-state index in [1.54, 1.807) is 6.92 Å². The lowest BCUT2D eigenvalue weighted by molar-refractivity contribution is -0.166. The van der Waals surface area contributed by atoms with E-state index in [9.17, 15) is 19.6 Å². The fourth-order valence-electron chi connectivity index (χ4n) is 3.22. The number of carbonyl (C=O) groups excluding carboxylic acids is 3. The van der Waals surface area contributed by atoms with E-state index in [1.165, 1.54) is 12.6 Å². The summed E-state index contributed by atoms with van der Waals surface area (Å²) in [6, 6.07) is 6.76. The van der Waals surface area contributed by atoms with Crippen molar-refractivity contribution in [3.05, 3.63) is 35.4 Å². The second kappa shape index (κ2) is 11.0. The summed E-state index contributed by atoms with van der Waals surface area (Å²) in [5, 5.41) is 15.8. The van der Waals surface area contributed by atoms with Crippen LogP contribution < -0.4 is 10.6 Å². The van der Waals surface area contributed by atoms with Crippen LogP contribution in [0.2, 0.25) is 0 Å². The van der Waals surface area contributed by atoms with E-state index in [1.807, 2.05) is 39.8 Å². The zero-order chi connectivity index (χ0) is 22.2. The van der Waals surface area contributed by atoms with Crippen molar-refractivity contribution in [2.24, 2.45) is 11.3 Å². The minimum atomic E-state index is -0.727. The molecule has 1 aromatic rings. The van der Waals surface area contributed by atoms with Crippen LogP contribution in [-0.2, 0) is 20.8 Å². The molecule has 0 spiro atoms. The van der Waals surface area contributed by atoms with Crippen molar-refractivity contribution in [2.75, 3.05) is 7.05 Å². The van der Waals surface area contributed by atoms with Crippen LogP contribution in [0, 0.1) is 18.3 Å². The average molecular weight is 406 g/mol. The number of nitrogens with zero attached hydrogens (tertiary/aromatic N) is 1. The van der Waals surface area contributed by atoms with Gasteiger partial charge in [0.25, 0.3) is 0 Å². The first-order valence-corrected chi connectivity index (χ1v) is 10.0. The van der Waals surface area contributed by atoms with Crippen molar-refractivity contribution in [3.63, 3.8) is 0 Å². The predicted octanol–water partition coefficient (Wildman–Crippen LogP) is 2.45. The molecule has 162 valence electrons. The highest BCUT2D eigenvalue weighted by Gasteiger charge is 2.36. The summed E-state index contributed by atoms with van der Waals surface area (Å²) in [7, 11) is 1.52. The lowest BCUT2D eigenvalue weighted by atomic mass is 9.85. The normalized spacial score (nSPS) is 14.4. The van der Waals surface area contributed by atoms with Crippen molar-refractivity contribution in [2.45, 2.75) is 66.0 Å². The Bertz CT molecular complexity index is 682. The molecule has 0 heterocycles. The second-order valence-electron chi connectivity index (χ2n) is 8.63. The van der Waals surface area contributed by atoms with E-state index in [4.69, 9.17) is 0 Å². The lowest BCUT2D eigenvalue weighted by Gasteiger charge is -2.33. The van der Waals surface area contributed by atoms with Crippen LogP contribution >= 0.6 is 0 Å². The summed E-state index contributed by atoms with van der Waals surface area (Å²) < 4.78 is 0. The summed E-state index contributed by atoms with van der Waals surface area (Å²) in [5.74, 6) is -1.29. The van der Waals surface area contributed by atoms with Gasteiger partial charge in [-0.05, 0) is 44.1 Å². The topological polar surface area (TPSA) is 98.7 Å². The fourth-order valence-corrected chi connectivity index (χ4v) is 3.22. The van der Waals surface area contributed by atoms with Crippen LogP contribution in [0.15, 0.2) is 24.3 Å². The van der Waals surface area contributed by atoms with Crippen molar-refractivity contribution in [3.8, 4) is 0 Å². The standard InChI is InChI=1S/C22H35N3O4/c1-15-10-12-17(13-11-15)8-7-9-18(16(2)25(29)14-26)20(27)24-19(21(28)23-6)22(3,4)5/h10-14,16,18-19,29H,7-9H2,1-6H3,(H,23,28)(H,24,27)/t16-,18+,19+/m0/s1. The van der Waals surface area contributed by atoms with Crippen molar-refractivity contribution in [1.29, 1.82) is 0 Å². The summed E-state index contributed by atoms with van der Waals surface area (Å²) in [5.41, 5.74) is 1.86. The van der Waals surface area contributed by atoms with Crippen LogP contribution in [0.3, 0.4) is 0 Å². The maximum absolute atomic E-state index is 13.0. The molecule has 0 aliphatic carbocycles. The molecule has 7 nitrogen and oxygen atoms in total. The SMILES string of the molecule is CNC(=O)[C@@H](NC(=O)[C@H](CCCc1ccc(C)cc1)[C@H](C)N(O)C=O)C(C)(C)C. The molecule has 3 amide bonds. The molecule has 0 aromatic heterocycles. The third kappa shape index (κ3) is 7.49. The minimum absolute atomic E-state index is 0.284. The number of hydrogen-bond donors (Lipinski definition) is 3. The number of carbonyl (C=O) groups is 3. The van der Waals surface area contributed by atoms with E-state index in [2.05, 4.69) is 22.8 Å². The Hall–Kier alpha value is -2.41. The van der Waals surface area contributed by atoms with Crippen molar-refractivity contribution >= 4 is 18.2 Å². The molecular formula is C22H35N3O4. The van der Waals surface area contributed by atoms with Crippen LogP contribution in [0.5, 0.6) is 0 Å². The summed E-state index contributed by atoms with van der Waals surface area (Å²) in [4.78, 5) is 36.3. The Kier molecular flexibility index (Phi) is 9.30. The minimum Gasteiger partial charge on any atom is -0.357 e. The van der Waals surface area contributed by atoms with E-state index in [-0.39, 0.29) is 11.8 Å². The second-order valence-corrected chi connectivity index (χ2v) is 8.63. The van der Waals surface area contributed by atoms with Gasteiger partial charge in [0.1, 0.15) is 6.04 Å². The van der Waals surface area contributed by atoms with Gasteiger partial charge in [-0.15, -0.1) is 0 Å². The number of hydroxylamine groups is 2. The zero-order valence-corrected chi connectivity index (χ0v) is 18.4. The van der Waals surface area contributed by atoms with E-state index in [0.717, 1.165) is 12.0 Å². The van der Waals surface area contributed by atoms with Gasteiger partial charge < -0.3 is 10.6 Å². The molecular weight excluding hydrogens is 370 g/mol. The number of amides is 3. The molecule has 0 aliphatic rings. The zero-order valence-electron chi connectivity index (χ0n) is 18.4. The van der Waals surface area contributed by atoms with Crippen LogP contribution in [0.4, 0.5) is 0 Å². The van der Waals surface area contributed by atoms with Crippen LogP contribution in [-0.4, -0.2) is 47.6 Å².